The summed E-state index contributed by atoms with van der Waals surface area (Å²) < 4.78 is 0. The zero-order valence-corrected chi connectivity index (χ0v) is 12.2. The van der Waals surface area contributed by atoms with Crippen molar-refractivity contribution in [2.24, 2.45) is 5.73 Å². The Morgan fingerprint density at radius 1 is 1.28 bits per heavy atom. The van der Waals surface area contributed by atoms with E-state index in [4.69, 9.17) is 5.73 Å². The van der Waals surface area contributed by atoms with Gasteiger partial charge in [0.2, 0.25) is 5.91 Å². The van der Waals surface area contributed by atoms with Crippen molar-refractivity contribution in [2.45, 2.75) is 58.5 Å². The van der Waals surface area contributed by atoms with E-state index in [1.165, 1.54) is 6.42 Å². The van der Waals surface area contributed by atoms with Crippen LogP contribution in [0.15, 0.2) is 0 Å². The minimum Gasteiger partial charge on any atom is -0.343 e. The highest BCUT2D eigenvalue weighted by atomic mass is 16.2. The summed E-state index contributed by atoms with van der Waals surface area (Å²) in [5.74, 6) is 0.282. The molecule has 1 saturated heterocycles. The minimum absolute atomic E-state index is 0.185. The SMILES string of the molecule is CCN(C(C)C)C(CN)CC(=O)N1CCCCC1. The first-order valence-electron chi connectivity index (χ1n) is 7.33. The van der Waals surface area contributed by atoms with Gasteiger partial charge in [-0.15, -0.1) is 0 Å². The smallest absolute Gasteiger partial charge is 0.224 e. The zero-order valence-electron chi connectivity index (χ0n) is 12.2. The molecule has 1 amide bonds. The van der Waals surface area contributed by atoms with E-state index in [-0.39, 0.29) is 11.9 Å². The molecule has 4 heteroatoms. The molecule has 0 aromatic carbocycles. The van der Waals surface area contributed by atoms with Gasteiger partial charge in [0.25, 0.3) is 0 Å². The molecule has 0 spiro atoms. The molecule has 1 unspecified atom stereocenters. The highest BCUT2D eigenvalue weighted by Crippen LogP contribution is 2.14. The fraction of sp³-hybridized carbons (Fsp3) is 0.929. The maximum absolute atomic E-state index is 12.3. The van der Waals surface area contributed by atoms with Crippen LogP contribution in [-0.4, -0.2) is 54.0 Å². The Morgan fingerprint density at radius 3 is 2.33 bits per heavy atom. The van der Waals surface area contributed by atoms with Crippen molar-refractivity contribution < 1.29 is 4.79 Å². The Labute approximate surface area is 111 Å². The first kappa shape index (κ1) is 15.4. The van der Waals surface area contributed by atoms with Crippen LogP contribution in [-0.2, 0) is 4.79 Å². The Kier molecular flexibility index (Phi) is 6.65. The van der Waals surface area contributed by atoms with Crippen LogP contribution < -0.4 is 5.73 Å². The summed E-state index contributed by atoms with van der Waals surface area (Å²) in [6.07, 6.45) is 4.14. The van der Waals surface area contributed by atoms with Gasteiger partial charge in [-0.05, 0) is 39.7 Å². The van der Waals surface area contributed by atoms with Crippen molar-refractivity contribution in [1.82, 2.24) is 9.80 Å². The molecule has 1 fully saturated rings. The van der Waals surface area contributed by atoms with Crippen LogP contribution in [0.25, 0.3) is 0 Å². The van der Waals surface area contributed by atoms with Crippen molar-refractivity contribution in [3.05, 3.63) is 0 Å². The lowest BCUT2D eigenvalue weighted by Crippen LogP contribution is -2.48. The molecule has 0 aromatic rings. The van der Waals surface area contributed by atoms with E-state index >= 15 is 0 Å². The molecule has 0 saturated carbocycles. The van der Waals surface area contributed by atoms with Gasteiger partial charge < -0.3 is 10.6 Å². The number of amides is 1. The monoisotopic (exact) mass is 255 g/mol. The Balaban J connectivity index is 2.53. The average Bonchev–Trinajstić information content (AvgIpc) is 2.38. The zero-order chi connectivity index (χ0) is 13.5. The van der Waals surface area contributed by atoms with Crippen molar-refractivity contribution in [3.8, 4) is 0 Å². The molecule has 0 radical (unpaired) electrons. The normalized spacial score (nSPS) is 18.4. The molecule has 1 atom stereocenters. The van der Waals surface area contributed by atoms with Crippen molar-refractivity contribution >= 4 is 5.91 Å². The molecular formula is C14H29N3O. The molecule has 106 valence electrons. The van der Waals surface area contributed by atoms with E-state index in [1.807, 2.05) is 4.90 Å². The van der Waals surface area contributed by atoms with Crippen LogP contribution in [0.1, 0.15) is 46.5 Å². The van der Waals surface area contributed by atoms with Gasteiger partial charge in [-0.25, -0.2) is 0 Å². The topological polar surface area (TPSA) is 49.6 Å². The predicted octanol–water partition coefficient (Wildman–Crippen LogP) is 1.45. The molecule has 4 nitrogen and oxygen atoms in total. The van der Waals surface area contributed by atoms with Crippen LogP contribution >= 0.6 is 0 Å². The van der Waals surface area contributed by atoms with E-state index in [1.54, 1.807) is 0 Å². The summed E-state index contributed by atoms with van der Waals surface area (Å²) in [5, 5.41) is 0. The van der Waals surface area contributed by atoms with E-state index in [9.17, 15) is 4.79 Å². The highest BCUT2D eigenvalue weighted by Gasteiger charge is 2.24. The van der Waals surface area contributed by atoms with Gasteiger partial charge >= 0.3 is 0 Å². The summed E-state index contributed by atoms with van der Waals surface area (Å²) in [6.45, 7) is 9.84. The second-order valence-electron chi connectivity index (χ2n) is 5.46. The third kappa shape index (κ3) is 4.25. The summed E-state index contributed by atoms with van der Waals surface area (Å²) >= 11 is 0. The van der Waals surface area contributed by atoms with Gasteiger partial charge in [-0.2, -0.15) is 0 Å². The third-order valence-electron chi connectivity index (χ3n) is 3.89. The molecule has 1 aliphatic rings. The number of hydrogen-bond acceptors (Lipinski definition) is 3. The molecular weight excluding hydrogens is 226 g/mol. The molecule has 1 aliphatic heterocycles. The molecule has 0 aliphatic carbocycles. The van der Waals surface area contributed by atoms with E-state index in [2.05, 4.69) is 25.7 Å². The lowest BCUT2D eigenvalue weighted by molar-refractivity contribution is -0.133. The standard InChI is InChI=1S/C14H29N3O/c1-4-17(12(2)3)13(11-15)10-14(18)16-8-6-5-7-9-16/h12-13H,4-11,15H2,1-3H3. The number of piperidine rings is 1. The molecule has 1 heterocycles. The molecule has 2 N–H and O–H groups in total. The molecule has 18 heavy (non-hydrogen) atoms. The van der Waals surface area contributed by atoms with Gasteiger partial charge in [0.15, 0.2) is 0 Å². The van der Waals surface area contributed by atoms with Crippen molar-refractivity contribution in [2.75, 3.05) is 26.2 Å². The van der Waals surface area contributed by atoms with Crippen LogP contribution in [0, 0.1) is 0 Å². The van der Waals surface area contributed by atoms with Crippen LogP contribution in [0.2, 0.25) is 0 Å². The fourth-order valence-corrected chi connectivity index (χ4v) is 2.85. The maximum atomic E-state index is 12.3. The number of carbonyl (C=O) groups excluding carboxylic acids is 1. The highest BCUT2D eigenvalue weighted by molar-refractivity contribution is 5.77. The molecule has 0 aromatic heterocycles. The van der Waals surface area contributed by atoms with E-state index < -0.39 is 0 Å². The number of likely N-dealkylation sites (tertiary alicyclic amines) is 1. The number of rotatable bonds is 6. The van der Waals surface area contributed by atoms with E-state index in [0.29, 0.717) is 19.0 Å². The molecule has 1 rings (SSSR count). The number of likely N-dealkylation sites (N-methyl/N-ethyl adjacent to an activating group) is 1. The van der Waals surface area contributed by atoms with E-state index in [0.717, 1.165) is 32.5 Å². The van der Waals surface area contributed by atoms with Gasteiger partial charge in [-0.3, -0.25) is 9.69 Å². The summed E-state index contributed by atoms with van der Waals surface area (Å²) in [7, 11) is 0. The molecule has 0 bridgehead atoms. The second kappa shape index (κ2) is 7.74. The van der Waals surface area contributed by atoms with Gasteiger partial charge in [-0.1, -0.05) is 6.92 Å². The summed E-state index contributed by atoms with van der Waals surface area (Å²) in [5.41, 5.74) is 5.85. The Hall–Kier alpha value is -0.610. The number of hydrogen-bond donors (Lipinski definition) is 1. The van der Waals surface area contributed by atoms with Crippen LogP contribution in [0.4, 0.5) is 0 Å². The largest absolute Gasteiger partial charge is 0.343 e. The van der Waals surface area contributed by atoms with Gasteiger partial charge in [0, 0.05) is 38.1 Å². The quantitative estimate of drug-likeness (QED) is 0.781. The first-order chi connectivity index (χ1) is 8.60. The van der Waals surface area contributed by atoms with Crippen molar-refractivity contribution in [3.63, 3.8) is 0 Å². The number of nitrogens with two attached hydrogens (primary N) is 1. The van der Waals surface area contributed by atoms with Crippen molar-refractivity contribution in [1.29, 1.82) is 0 Å². The Bertz CT molecular complexity index is 249. The second-order valence-corrected chi connectivity index (χ2v) is 5.46. The maximum Gasteiger partial charge on any atom is 0.224 e. The summed E-state index contributed by atoms with van der Waals surface area (Å²) in [6, 6.07) is 0.627. The lowest BCUT2D eigenvalue weighted by Gasteiger charge is -2.35. The van der Waals surface area contributed by atoms with Gasteiger partial charge in [0.05, 0.1) is 0 Å². The Morgan fingerprint density at radius 2 is 1.89 bits per heavy atom. The third-order valence-corrected chi connectivity index (χ3v) is 3.89. The predicted molar refractivity (Wildman–Crippen MR) is 75.4 cm³/mol. The van der Waals surface area contributed by atoms with Crippen LogP contribution in [0.3, 0.4) is 0 Å². The fourth-order valence-electron chi connectivity index (χ4n) is 2.85. The number of carbonyl (C=O) groups is 1. The minimum atomic E-state index is 0.185. The lowest BCUT2D eigenvalue weighted by atomic mass is 10.1. The summed E-state index contributed by atoms with van der Waals surface area (Å²) in [4.78, 5) is 16.6. The van der Waals surface area contributed by atoms with Gasteiger partial charge in [0.1, 0.15) is 0 Å². The average molecular weight is 255 g/mol. The first-order valence-corrected chi connectivity index (χ1v) is 7.33. The van der Waals surface area contributed by atoms with Crippen LogP contribution in [0.5, 0.6) is 0 Å². The number of nitrogens with zero attached hydrogens (tertiary/aromatic N) is 2.